The zero-order chi connectivity index (χ0) is 14.3. The molecular weight excluding hydrogens is 238 g/mol. The van der Waals surface area contributed by atoms with E-state index in [0.717, 1.165) is 30.6 Å². The second kappa shape index (κ2) is 7.46. The molecule has 1 aromatic heterocycles. The van der Waals surface area contributed by atoms with E-state index < -0.39 is 0 Å². The number of anilines is 1. The molecule has 0 saturated carbocycles. The first kappa shape index (κ1) is 15.9. The summed E-state index contributed by atoms with van der Waals surface area (Å²) in [5.74, 6) is 0. The number of likely N-dealkylation sites (N-methyl/N-ethyl adjacent to an activating group) is 1. The SMILES string of the molecule is CCNC(c1cnccc1N)C(CC)(CC)OCC. The van der Waals surface area contributed by atoms with E-state index in [1.54, 1.807) is 6.20 Å². The molecule has 0 aliphatic heterocycles. The van der Waals surface area contributed by atoms with Gasteiger partial charge in [0.1, 0.15) is 0 Å². The van der Waals surface area contributed by atoms with Crippen LogP contribution in [-0.2, 0) is 4.74 Å². The van der Waals surface area contributed by atoms with Crippen molar-refractivity contribution in [2.45, 2.75) is 52.2 Å². The van der Waals surface area contributed by atoms with Gasteiger partial charge < -0.3 is 15.8 Å². The molecule has 0 amide bonds. The predicted molar refractivity (Wildman–Crippen MR) is 80.0 cm³/mol. The fraction of sp³-hybridized carbons (Fsp3) is 0.667. The summed E-state index contributed by atoms with van der Waals surface area (Å²) in [4.78, 5) is 4.22. The highest BCUT2D eigenvalue weighted by molar-refractivity contribution is 5.47. The van der Waals surface area contributed by atoms with Gasteiger partial charge in [-0.25, -0.2) is 0 Å². The van der Waals surface area contributed by atoms with E-state index in [0.29, 0.717) is 6.61 Å². The van der Waals surface area contributed by atoms with Crippen LogP contribution in [0.2, 0.25) is 0 Å². The van der Waals surface area contributed by atoms with Crippen molar-refractivity contribution < 1.29 is 4.74 Å². The van der Waals surface area contributed by atoms with Crippen LogP contribution in [0.15, 0.2) is 18.5 Å². The number of ether oxygens (including phenoxy) is 1. The van der Waals surface area contributed by atoms with Crippen LogP contribution < -0.4 is 11.1 Å². The van der Waals surface area contributed by atoms with Gasteiger partial charge in [0.25, 0.3) is 0 Å². The van der Waals surface area contributed by atoms with Crippen LogP contribution >= 0.6 is 0 Å². The Hall–Kier alpha value is -1.13. The van der Waals surface area contributed by atoms with Crippen LogP contribution in [0.25, 0.3) is 0 Å². The number of nitrogens with two attached hydrogens (primary N) is 1. The molecule has 1 heterocycles. The summed E-state index contributed by atoms with van der Waals surface area (Å²) in [5.41, 5.74) is 7.68. The second-order valence-electron chi connectivity index (χ2n) is 4.70. The predicted octanol–water partition coefficient (Wildman–Crippen LogP) is 2.91. The van der Waals surface area contributed by atoms with Crippen LogP contribution in [0.1, 0.15) is 52.1 Å². The third-order valence-corrected chi connectivity index (χ3v) is 3.76. The second-order valence-corrected chi connectivity index (χ2v) is 4.70. The summed E-state index contributed by atoms with van der Waals surface area (Å²) in [6.07, 6.45) is 5.44. The number of rotatable bonds is 8. The van der Waals surface area contributed by atoms with Crippen molar-refractivity contribution in [3.8, 4) is 0 Å². The van der Waals surface area contributed by atoms with E-state index in [-0.39, 0.29) is 11.6 Å². The minimum absolute atomic E-state index is 0.0705. The van der Waals surface area contributed by atoms with Gasteiger partial charge in [-0.2, -0.15) is 0 Å². The van der Waals surface area contributed by atoms with E-state index in [9.17, 15) is 0 Å². The van der Waals surface area contributed by atoms with Crippen molar-refractivity contribution in [1.82, 2.24) is 10.3 Å². The minimum Gasteiger partial charge on any atom is -0.398 e. The molecule has 0 aromatic carbocycles. The van der Waals surface area contributed by atoms with Gasteiger partial charge in [-0.05, 0) is 32.4 Å². The molecule has 0 spiro atoms. The molecule has 1 unspecified atom stereocenters. The zero-order valence-electron chi connectivity index (χ0n) is 12.6. The molecule has 0 bridgehead atoms. The highest BCUT2D eigenvalue weighted by Crippen LogP contribution is 2.37. The van der Waals surface area contributed by atoms with Crippen molar-refractivity contribution in [3.63, 3.8) is 0 Å². The maximum Gasteiger partial charge on any atom is 0.0872 e. The number of nitrogens with one attached hydrogen (secondary N) is 1. The van der Waals surface area contributed by atoms with Crippen LogP contribution in [0.3, 0.4) is 0 Å². The van der Waals surface area contributed by atoms with E-state index >= 15 is 0 Å². The van der Waals surface area contributed by atoms with Gasteiger partial charge in [-0.15, -0.1) is 0 Å². The fourth-order valence-electron chi connectivity index (χ4n) is 2.68. The Labute approximate surface area is 116 Å². The van der Waals surface area contributed by atoms with Crippen LogP contribution in [0, 0.1) is 0 Å². The molecule has 1 rings (SSSR count). The Bertz CT molecular complexity index is 377. The molecule has 4 heteroatoms. The third-order valence-electron chi connectivity index (χ3n) is 3.76. The fourth-order valence-corrected chi connectivity index (χ4v) is 2.68. The number of hydrogen-bond acceptors (Lipinski definition) is 4. The van der Waals surface area contributed by atoms with Gasteiger partial charge in [-0.3, -0.25) is 4.98 Å². The monoisotopic (exact) mass is 265 g/mol. The topological polar surface area (TPSA) is 60.2 Å². The van der Waals surface area contributed by atoms with Crippen LogP contribution in [0.5, 0.6) is 0 Å². The highest BCUT2D eigenvalue weighted by atomic mass is 16.5. The molecule has 0 aliphatic carbocycles. The van der Waals surface area contributed by atoms with Crippen molar-refractivity contribution in [2.24, 2.45) is 0 Å². The van der Waals surface area contributed by atoms with Crippen molar-refractivity contribution in [2.75, 3.05) is 18.9 Å². The molecule has 108 valence electrons. The summed E-state index contributed by atoms with van der Waals surface area (Å²) in [5, 5.41) is 3.52. The first-order valence-corrected chi connectivity index (χ1v) is 7.21. The lowest BCUT2D eigenvalue weighted by Gasteiger charge is -2.40. The number of hydrogen-bond donors (Lipinski definition) is 2. The van der Waals surface area contributed by atoms with Crippen LogP contribution in [0.4, 0.5) is 5.69 Å². The normalized spacial score (nSPS) is 13.5. The first-order chi connectivity index (χ1) is 9.15. The Morgan fingerprint density at radius 3 is 2.47 bits per heavy atom. The molecule has 19 heavy (non-hydrogen) atoms. The molecule has 4 nitrogen and oxygen atoms in total. The minimum atomic E-state index is -0.234. The van der Waals surface area contributed by atoms with Gasteiger partial charge >= 0.3 is 0 Å². The van der Waals surface area contributed by atoms with E-state index in [1.165, 1.54) is 0 Å². The third kappa shape index (κ3) is 3.45. The summed E-state index contributed by atoms with van der Waals surface area (Å²) in [7, 11) is 0. The van der Waals surface area contributed by atoms with Gasteiger partial charge in [0.05, 0.1) is 11.6 Å². The first-order valence-electron chi connectivity index (χ1n) is 7.21. The van der Waals surface area contributed by atoms with Gasteiger partial charge in [0, 0.05) is 30.3 Å². The molecule has 1 aromatic rings. The van der Waals surface area contributed by atoms with Crippen LogP contribution in [-0.4, -0.2) is 23.7 Å². The molecule has 1 atom stereocenters. The van der Waals surface area contributed by atoms with Crippen molar-refractivity contribution in [3.05, 3.63) is 24.0 Å². The number of nitrogens with zero attached hydrogens (tertiary/aromatic N) is 1. The molecule has 3 N–H and O–H groups in total. The number of nitrogen functional groups attached to an aromatic ring is 1. The maximum atomic E-state index is 6.12. The maximum absolute atomic E-state index is 6.12. The summed E-state index contributed by atoms with van der Waals surface area (Å²) >= 11 is 0. The average molecular weight is 265 g/mol. The molecular formula is C15H27N3O. The number of pyridine rings is 1. The quantitative estimate of drug-likeness (QED) is 0.758. The van der Waals surface area contributed by atoms with E-state index in [2.05, 4.69) is 31.1 Å². The van der Waals surface area contributed by atoms with Gasteiger partial charge in [0.2, 0.25) is 0 Å². The van der Waals surface area contributed by atoms with E-state index in [4.69, 9.17) is 10.5 Å². The Morgan fingerprint density at radius 2 is 2.00 bits per heavy atom. The summed E-state index contributed by atoms with van der Waals surface area (Å²) < 4.78 is 6.11. The molecule has 0 aliphatic rings. The largest absolute Gasteiger partial charge is 0.398 e. The number of aromatic nitrogens is 1. The summed E-state index contributed by atoms with van der Waals surface area (Å²) in [6.45, 7) is 10.0. The average Bonchev–Trinajstić information content (AvgIpc) is 2.44. The lowest BCUT2D eigenvalue weighted by molar-refractivity contribution is -0.0729. The Balaban J connectivity index is 3.20. The van der Waals surface area contributed by atoms with Crippen molar-refractivity contribution in [1.29, 1.82) is 0 Å². The van der Waals surface area contributed by atoms with Crippen molar-refractivity contribution >= 4 is 5.69 Å². The lowest BCUT2D eigenvalue weighted by Crippen LogP contribution is -2.46. The van der Waals surface area contributed by atoms with E-state index in [1.807, 2.05) is 19.2 Å². The Morgan fingerprint density at radius 1 is 1.32 bits per heavy atom. The smallest absolute Gasteiger partial charge is 0.0872 e. The summed E-state index contributed by atoms with van der Waals surface area (Å²) in [6, 6.07) is 1.92. The highest BCUT2D eigenvalue weighted by Gasteiger charge is 2.38. The Kier molecular flexibility index (Phi) is 6.25. The molecule has 0 fully saturated rings. The standard InChI is InChI=1S/C15H27N3O/c1-5-15(6-2,19-8-4)14(18-7-3)12-11-17-10-9-13(12)16/h9-11,14,18H,5-8H2,1-4H3,(H2,16,17). The molecule has 0 radical (unpaired) electrons. The van der Waals surface area contributed by atoms with Gasteiger partial charge in [-0.1, -0.05) is 20.8 Å². The molecule has 0 saturated heterocycles. The lowest BCUT2D eigenvalue weighted by atomic mass is 9.83. The van der Waals surface area contributed by atoms with Gasteiger partial charge in [0.15, 0.2) is 0 Å². The zero-order valence-corrected chi connectivity index (χ0v) is 12.6.